The van der Waals surface area contributed by atoms with Gasteiger partial charge in [0, 0.05) is 10.8 Å². The normalized spacial score (nSPS) is 9.87. The summed E-state index contributed by atoms with van der Waals surface area (Å²) in [7, 11) is 3.03. The summed E-state index contributed by atoms with van der Waals surface area (Å²) >= 11 is 0. The van der Waals surface area contributed by atoms with Crippen molar-refractivity contribution in [2.75, 3.05) is 14.2 Å². The zero-order valence-corrected chi connectivity index (χ0v) is 17.4. The van der Waals surface area contributed by atoms with Gasteiger partial charge in [0.1, 0.15) is 22.5 Å². The van der Waals surface area contributed by atoms with Crippen LogP contribution in [0.5, 0.6) is 11.5 Å². The molecule has 0 unspecified atom stereocenters. The third-order valence-electron chi connectivity index (χ3n) is 4.22. The van der Waals surface area contributed by atoms with Crippen molar-refractivity contribution in [2.24, 2.45) is 0 Å². The third-order valence-corrected chi connectivity index (χ3v) is 4.22. The molecule has 2 aromatic heterocycles. The van der Waals surface area contributed by atoms with Crippen LogP contribution in [0.25, 0.3) is 21.8 Å². The molecular weight excluding hydrogens is 447 g/mol. The fraction of sp³-hybridized carbons (Fsp3) is 0.0909. The second-order valence-corrected chi connectivity index (χ2v) is 6.03. The first-order chi connectivity index (χ1) is 14.4. The summed E-state index contributed by atoms with van der Waals surface area (Å²) in [5, 5.41) is 22.9. The van der Waals surface area contributed by atoms with Gasteiger partial charge >= 0.3 is 16.5 Å². The molecule has 0 saturated heterocycles. The van der Waals surface area contributed by atoms with Crippen LogP contribution < -0.4 is 19.7 Å². The molecule has 2 aromatic carbocycles. The van der Waals surface area contributed by atoms with E-state index in [-0.39, 0.29) is 27.9 Å². The van der Waals surface area contributed by atoms with Gasteiger partial charge in [0.2, 0.25) is 0 Å². The standard InChI is InChI=1S/2C11H9NO3.Ni/c2*1-15-9-4-2-3-7-5-6-8(11(13)14)12-10(7)9;/h2*2-6H,1H3,(H,13,14);/q;;+2/p-2. The van der Waals surface area contributed by atoms with Crippen molar-refractivity contribution in [2.45, 2.75) is 0 Å². The maximum Gasteiger partial charge on any atom is 2.00 e. The molecule has 160 valence electrons. The number of aromatic carboxylic acids is 2. The molecule has 0 N–H and O–H groups in total. The first-order valence-electron chi connectivity index (χ1n) is 8.75. The van der Waals surface area contributed by atoms with Crippen LogP contribution in [0.4, 0.5) is 0 Å². The summed E-state index contributed by atoms with van der Waals surface area (Å²) in [6, 6.07) is 17.0. The van der Waals surface area contributed by atoms with Crippen LogP contribution in [0.15, 0.2) is 60.7 Å². The minimum Gasteiger partial charge on any atom is -0.543 e. The van der Waals surface area contributed by atoms with Gasteiger partial charge in [0.15, 0.2) is 0 Å². The van der Waals surface area contributed by atoms with Crippen LogP contribution >= 0.6 is 0 Å². The molecule has 4 aromatic rings. The second-order valence-electron chi connectivity index (χ2n) is 6.03. The molecule has 0 aliphatic rings. The maximum absolute atomic E-state index is 10.6. The van der Waals surface area contributed by atoms with Crippen LogP contribution in [0.2, 0.25) is 0 Å². The Labute approximate surface area is 187 Å². The van der Waals surface area contributed by atoms with E-state index in [4.69, 9.17) is 9.47 Å². The third kappa shape index (κ3) is 5.26. The average Bonchev–Trinajstić information content (AvgIpc) is 2.77. The van der Waals surface area contributed by atoms with E-state index in [0.29, 0.717) is 22.5 Å². The number of rotatable bonds is 4. The number of fused-ring (bicyclic) bond motifs is 2. The van der Waals surface area contributed by atoms with Gasteiger partial charge in [0.05, 0.1) is 37.5 Å². The van der Waals surface area contributed by atoms with Crippen molar-refractivity contribution in [3.8, 4) is 11.5 Å². The number of aromatic nitrogens is 2. The molecule has 2 heterocycles. The number of ether oxygens (including phenoxy) is 2. The average molecular weight is 463 g/mol. The molecule has 9 heteroatoms. The van der Waals surface area contributed by atoms with Crippen LogP contribution in [0.3, 0.4) is 0 Å². The Morgan fingerprint density at radius 2 is 1.06 bits per heavy atom. The zero-order chi connectivity index (χ0) is 21.7. The zero-order valence-electron chi connectivity index (χ0n) is 16.4. The Kier molecular flexibility index (Phi) is 7.88. The molecule has 8 nitrogen and oxygen atoms in total. The van der Waals surface area contributed by atoms with Gasteiger partial charge in [-0.3, -0.25) is 0 Å². The van der Waals surface area contributed by atoms with E-state index in [0.717, 1.165) is 10.8 Å². The molecule has 0 fully saturated rings. The molecular formula is C22H16N2NiO6. The molecule has 0 aliphatic heterocycles. The van der Waals surface area contributed by atoms with Crippen molar-refractivity contribution in [1.82, 2.24) is 9.97 Å². The topological polar surface area (TPSA) is 125 Å². The number of hydrogen-bond acceptors (Lipinski definition) is 8. The molecule has 0 radical (unpaired) electrons. The van der Waals surface area contributed by atoms with E-state index < -0.39 is 11.9 Å². The quantitative estimate of drug-likeness (QED) is 0.414. The summed E-state index contributed by atoms with van der Waals surface area (Å²) in [4.78, 5) is 29.2. The largest absolute Gasteiger partial charge is 2.00 e. The monoisotopic (exact) mass is 462 g/mol. The predicted octanol–water partition coefficient (Wildman–Crippen LogP) is 1.21. The van der Waals surface area contributed by atoms with E-state index >= 15 is 0 Å². The van der Waals surface area contributed by atoms with Crippen LogP contribution in [-0.2, 0) is 16.5 Å². The van der Waals surface area contributed by atoms with Crippen molar-refractivity contribution < 1.29 is 45.8 Å². The number of nitrogens with zero attached hydrogens (tertiary/aromatic N) is 2. The number of benzene rings is 2. The first kappa shape index (κ1) is 23.6. The van der Waals surface area contributed by atoms with E-state index in [9.17, 15) is 19.8 Å². The van der Waals surface area contributed by atoms with Crippen LogP contribution in [0.1, 0.15) is 21.0 Å². The molecule has 0 spiro atoms. The Bertz CT molecular complexity index is 1150. The summed E-state index contributed by atoms with van der Waals surface area (Å²) in [6.45, 7) is 0. The fourth-order valence-electron chi connectivity index (χ4n) is 2.80. The van der Waals surface area contributed by atoms with Gasteiger partial charge in [-0.05, 0) is 24.3 Å². The summed E-state index contributed by atoms with van der Waals surface area (Å²) < 4.78 is 10.2. The van der Waals surface area contributed by atoms with Crippen molar-refractivity contribution >= 4 is 33.7 Å². The molecule has 0 aliphatic carbocycles. The van der Waals surface area contributed by atoms with Gasteiger partial charge in [-0.1, -0.05) is 36.4 Å². The van der Waals surface area contributed by atoms with E-state index in [2.05, 4.69) is 9.97 Å². The Morgan fingerprint density at radius 3 is 1.39 bits per heavy atom. The smallest absolute Gasteiger partial charge is 0.543 e. The van der Waals surface area contributed by atoms with Gasteiger partial charge in [-0.25, -0.2) is 9.97 Å². The molecule has 0 atom stereocenters. The van der Waals surface area contributed by atoms with Gasteiger partial charge < -0.3 is 29.3 Å². The van der Waals surface area contributed by atoms with E-state index in [1.165, 1.54) is 26.4 Å². The van der Waals surface area contributed by atoms with Crippen molar-refractivity contribution in [3.05, 3.63) is 72.1 Å². The summed E-state index contributed by atoms with van der Waals surface area (Å²) in [5.41, 5.74) is 0.877. The number of carbonyl (C=O) groups excluding carboxylic acids is 2. The minimum atomic E-state index is -1.29. The number of carbonyl (C=O) groups is 2. The molecule has 0 bridgehead atoms. The van der Waals surface area contributed by atoms with E-state index in [1.54, 1.807) is 24.3 Å². The predicted molar refractivity (Wildman–Crippen MR) is 105 cm³/mol. The first-order valence-corrected chi connectivity index (χ1v) is 8.75. The number of carboxylic acid groups (broad SMARTS) is 2. The van der Waals surface area contributed by atoms with Crippen LogP contribution in [0, 0.1) is 0 Å². The Morgan fingerprint density at radius 1 is 0.677 bits per heavy atom. The molecule has 4 rings (SSSR count). The number of para-hydroxylation sites is 2. The second kappa shape index (κ2) is 10.4. The van der Waals surface area contributed by atoms with Gasteiger partial charge in [0.25, 0.3) is 0 Å². The van der Waals surface area contributed by atoms with Crippen molar-refractivity contribution in [1.29, 1.82) is 0 Å². The van der Waals surface area contributed by atoms with Gasteiger partial charge in [-0.15, -0.1) is 0 Å². The molecule has 0 amide bonds. The molecule has 0 saturated carbocycles. The number of carboxylic acids is 2. The van der Waals surface area contributed by atoms with E-state index in [1.807, 2.05) is 24.3 Å². The Hall–Kier alpha value is -3.71. The maximum atomic E-state index is 10.6. The summed E-state index contributed by atoms with van der Waals surface area (Å²) in [5.74, 6) is -1.48. The molecule has 31 heavy (non-hydrogen) atoms. The van der Waals surface area contributed by atoms with Crippen LogP contribution in [-0.4, -0.2) is 36.1 Å². The number of pyridine rings is 2. The minimum absolute atomic E-state index is 0. The SMILES string of the molecule is COc1cccc2ccc(C(=O)[O-])nc12.COc1cccc2ccc(C(=O)[O-])nc12.[Ni+2]. The number of hydrogen-bond donors (Lipinski definition) is 0. The Balaban J connectivity index is 0.000000213. The number of methoxy groups -OCH3 is 2. The van der Waals surface area contributed by atoms with Crippen molar-refractivity contribution in [3.63, 3.8) is 0 Å². The fourth-order valence-corrected chi connectivity index (χ4v) is 2.80. The summed E-state index contributed by atoms with van der Waals surface area (Å²) in [6.07, 6.45) is 0. The van der Waals surface area contributed by atoms with Gasteiger partial charge in [-0.2, -0.15) is 0 Å².